The minimum absolute atomic E-state index is 0.0537. The van der Waals surface area contributed by atoms with E-state index in [2.05, 4.69) is 9.97 Å². The molecule has 0 saturated heterocycles. The maximum atomic E-state index is 11.2. The minimum atomic E-state index is -0.382. The highest BCUT2D eigenvalue weighted by atomic mass is 32.1. The summed E-state index contributed by atoms with van der Waals surface area (Å²) in [6, 6.07) is 11.0. The quantitative estimate of drug-likeness (QED) is 0.547. The number of nitrogens with one attached hydrogen (secondary N) is 1. The first-order chi connectivity index (χ1) is 10.6. The Kier molecular flexibility index (Phi) is 3.72. The number of para-hydroxylation sites is 1. The number of hydrogen-bond donors (Lipinski definition) is 0. The molecule has 0 bridgehead atoms. The van der Waals surface area contributed by atoms with Gasteiger partial charge < -0.3 is 0 Å². The van der Waals surface area contributed by atoms with Crippen LogP contribution in [0.5, 0.6) is 0 Å². The lowest BCUT2D eigenvalue weighted by atomic mass is 10.3. The van der Waals surface area contributed by atoms with Crippen LogP contribution >= 0.6 is 11.3 Å². The van der Waals surface area contributed by atoms with Crippen molar-refractivity contribution >= 4 is 33.1 Å². The molecule has 22 heavy (non-hydrogen) atoms. The van der Waals surface area contributed by atoms with E-state index in [4.69, 9.17) is 0 Å². The zero-order valence-corrected chi connectivity index (χ0v) is 13.0. The zero-order chi connectivity index (χ0) is 15.7. The lowest BCUT2D eigenvalue weighted by Crippen LogP contribution is -2.28. The second-order valence-corrected chi connectivity index (χ2v) is 6.03. The lowest BCUT2D eigenvalue weighted by molar-refractivity contribution is -0.411. The van der Waals surface area contributed by atoms with Crippen LogP contribution in [0.1, 0.15) is 18.0 Å². The van der Waals surface area contributed by atoms with Crippen molar-refractivity contribution in [3.63, 3.8) is 0 Å². The number of fused-ring (bicyclic) bond motifs is 1. The van der Waals surface area contributed by atoms with Crippen molar-refractivity contribution in [2.75, 3.05) is 11.9 Å². The fourth-order valence-electron chi connectivity index (χ4n) is 2.28. The van der Waals surface area contributed by atoms with Crippen molar-refractivity contribution in [1.29, 1.82) is 0 Å². The van der Waals surface area contributed by atoms with Gasteiger partial charge in [0, 0.05) is 6.07 Å². The van der Waals surface area contributed by atoms with Crippen LogP contribution in [-0.2, 0) is 0 Å². The third kappa shape index (κ3) is 2.50. The predicted molar refractivity (Wildman–Crippen MR) is 86.1 cm³/mol. The van der Waals surface area contributed by atoms with Gasteiger partial charge in [-0.25, -0.2) is 14.9 Å². The van der Waals surface area contributed by atoms with E-state index < -0.39 is 0 Å². The first kappa shape index (κ1) is 14.4. The summed E-state index contributed by atoms with van der Waals surface area (Å²) in [6.45, 7) is 1.99. The number of thiazole rings is 1. The highest BCUT2D eigenvalue weighted by molar-refractivity contribution is 7.18. The van der Waals surface area contributed by atoms with Gasteiger partial charge in [-0.1, -0.05) is 12.1 Å². The smallest absolute Gasteiger partial charge is 0.258 e. The van der Waals surface area contributed by atoms with Crippen LogP contribution in [0.4, 0.5) is 11.5 Å². The van der Waals surface area contributed by atoms with E-state index in [1.165, 1.54) is 6.07 Å². The van der Waals surface area contributed by atoms with Crippen molar-refractivity contribution < 1.29 is 9.91 Å². The molecular formula is C15H15N4O2S+. The minimum Gasteiger partial charge on any atom is -0.258 e. The van der Waals surface area contributed by atoms with Gasteiger partial charge in [-0.15, -0.1) is 11.3 Å². The number of rotatable bonds is 4. The van der Waals surface area contributed by atoms with Crippen LogP contribution in [0.15, 0.2) is 42.6 Å². The van der Waals surface area contributed by atoms with Crippen molar-refractivity contribution in [2.24, 2.45) is 0 Å². The van der Waals surface area contributed by atoms with E-state index in [0.29, 0.717) is 5.82 Å². The molecule has 0 spiro atoms. The standard InChI is InChI=1S/C15H14N4O2S/c1-10(15-17-11-6-3-4-8-13(11)22-15)18(2)14-12(19(20)21)7-5-9-16-14/h3-10H,1-2H3/p+1/t10-/m0/s1. The van der Waals surface area contributed by atoms with Gasteiger partial charge in [-0.05, 0) is 25.1 Å². The van der Waals surface area contributed by atoms with E-state index in [9.17, 15) is 10.1 Å². The number of benzene rings is 1. The Labute approximate surface area is 131 Å². The maximum Gasteiger partial charge on any atom is 0.357 e. The summed E-state index contributed by atoms with van der Waals surface area (Å²) in [4.78, 5) is 20.2. The molecule has 0 fully saturated rings. The normalized spacial score (nSPS) is 12.3. The van der Waals surface area contributed by atoms with Crippen LogP contribution in [-0.4, -0.2) is 17.0 Å². The predicted octanol–water partition coefficient (Wildman–Crippen LogP) is 3.22. The fourth-order valence-corrected chi connectivity index (χ4v) is 3.34. The van der Waals surface area contributed by atoms with E-state index in [-0.39, 0.29) is 16.7 Å². The highest BCUT2D eigenvalue weighted by Gasteiger charge is 2.30. The van der Waals surface area contributed by atoms with Gasteiger partial charge in [0.2, 0.25) is 0 Å². The number of pyridine rings is 1. The molecule has 0 saturated carbocycles. The average molecular weight is 315 g/mol. The second-order valence-electron chi connectivity index (χ2n) is 4.97. The van der Waals surface area contributed by atoms with Crippen LogP contribution in [0.2, 0.25) is 0 Å². The molecule has 0 unspecified atom stereocenters. The Morgan fingerprint density at radius 2 is 2.09 bits per heavy atom. The molecule has 1 atom stereocenters. The molecule has 1 aromatic carbocycles. The number of hydrogen-bond acceptors (Lipinski definition) is 5. The largest absolute Gasteiger partial charge is 0.357 e. The summed E-state index contributed by atoms with van der Waals surface area (Å²) in [6.07, 6.45) is 1.68. The molecule has 0 radical (unpaired) electrons. The molecule has 0 aliphatic rings. The van der Waals surface area contributed by atoms with E-state index in [1.54, 1.807) is 23.6 Å². The summed E-state index contributed by atoms with van der Waals surface area (Å²) in [5.41, 5.74) is 1.01. The zero-order valence-electron chi connectivity index (χ0n) is 12.2. The highest BCUT2D eigenvalue weighted by Crippen LogP contribution is 2.32. The average Bonchev–Trinajstić information content (AvgIpc) is 2.97. The van der Waals surface area contributed by atoms with Crippen LogP contribution in [0.3, 0.4) is 0 Å². The molecule has 1 N–H and O–H groups in total. The van der Waals surface area contributed by atoms with Crippen molar-refractivity contribution in [1.82, 2.24) is 4.98 Å². The maximum absolute atomic E-state index is 11.2. The summed E-state index contributed by atoms with van der Waals surface area (Å²) in [5.74, 6) is 0.472. The Bertz CT molecular complexity index is 800. The third-order valence-electron chi connectivity index (χ3n) is 3.61. The molecule has 3 rings (SSSR count). The number of aromatic nitrogens is 2. The summed E-state index contributed by atoms with van der Waals surface area (Å²) in [5, 5.41) is 12.1. The Morgan fingerprint density at radius 3 is 2.82 bits per heavy atom. The number of anilines is 1. The van der Waals surface area contributed by atoms with E-state index in [1.807, 2.05) is 43.1 Å². The summed E-state index contributed by atoms with van der Waals surface area (Å²) >= 11 is 1.61. The second kappa shape index (κ2) is 5.69. The molecule has 0 aliphatic heterocycles. The SMILES string of the molecule is C[C@@H](c1nc2ccccc2s1)N(C)c1[nH+]cccc1[N+](=O)[O-]. The molecule has 0 aliphatic carbocycles. The summed E-state index contributed by atoms with van der Waals surface area (Å²) in [7, 11) is 1.83. The molecule has 7 heteroatoms. The number of aromatic amines is 1. The van der Waals surface area contributed by atoms with Crippen molar-refractivity contribution in [3.8, 4) is 0 Å². The van der Waals surface area contributed by atoms with Crippen LogP contribution in [0, 0.1) is 10.1 Å². The third-order valence-corrected chi connectivity index (χ3v) is 4.82. The van der Waals surface area contributed by atoms with Crippen molar-refractivity contribution in [2.45, 2.75) is 13.0 Å². The van der Waals surface area contributed by atoms with Crippen molar-refractivity contribution in [3.05, 3.63) is 57.7 Å². The topological polar surface area (TPSA) is 73.4 Å². The Hall–Kier alpha value is -2.54. The van der Waals surface area contributed by atoms with E-state index >= 15 is 0 Å². The molecule has 0 amide bonds. The Balaban J connectivity index is 1.97. The molecule has 3 aromatic rings. The first-order valence-corrected chi connectivity index (χ1v) is 7.63. The van der Waals surface area contributed by atoms with Crippen LogP contribution < -0.4 is 9.88 Å². The molecule has 6 nitrogen and oxygen atoms in total. The van der Waals surface area contributed by atoms with Gasteiger partial charge >= 0.3 is 11.5 Å². The van der Waals surface area contributed by atoms with E-state index in [0.717, 1.165) is 15.2 Å². The number of H-pyrrole nitrogens is 1. The fraction of sp³-hybridized carbons (Fsp3) is 0.200. The van der Waals surface area contributed by atoms with Gasteiger partial charge in [0.25, 0.3) is 0 Å². The van der Waals surface area contributed by atoms with Gasteiger partial charge in [0.1, 0.15) is 11.0 Å². The molecular weight excluding hydrogens is 300 g/mol. The lowest BCUT2D eigenvalue weighted by Gasteiger charge is -2.16. The molecule has 112 valence electrons. The number of nitro groups is 1. The number of nitrogens with zero attached hydrogens (tertiary/aromatic N) is 3. The molecule has 2 aromatic heterocycles. The van der Waals surface area contributed by atoms with Gasteiger partial charge in [0.15, 0.2) is 0 Å². The van der Waals surface area contributed by atoms with Gasteiger partial charge in [-0.3, -0.25) is 10.1 Å². The first-order valence-electron chi connectivity index (χ1n) is 6.81. The van der Waals surface area contributed by atoms with Crippen LogP contribution in [0.25, 0.3) is 10.2 Å². The summed E-state index contributed by atoms with van der Waals surface area (Å²) < 4.78 is 1.12. The Morgan fingerprint density at radius 1 is 1.32 bits per heavy atom. The van der Waals surface area contributed by atoms with Gasteiger partial charge in [0.05, 0.1) is 28.4 Å². The van der Waals surface area contributed by atoms with Gasteiger partial charge in [-0.2, -0.15) is 0 Å². The molecule has 2 heterocycles. The monoisotopic (exact) mass is 315 g/mol.